The molecule has 4 N–H and O–H groups in total. The van der Waals surface area contributed by atoms with Gasteiger partial charge < -0.3 is 11.5 Å². The quantitative estimate of drug-likeness (QED) is 0.818. The number of primary amides is 1. The van der Waals surface area contributed by atoms with E-state index in [0.717, 1.165) is 5.56 Å². The van der Waals surface area contributed by atoms with E-state index in [1.54, 1.807) is 0 Å². The lowest BCUT2D eigenvalue weighted by Gasteiger charge is -2.10. The van der Waals surface area contributed by atoms with Crippen LogP contribution in [0.5, 0.6) is 0 Å². The topological polar surface area (TPSA) is 98.5 Å². The van der Waals surface area contributed by atoms with Gasteiger partial charge in [-0.05, 0) is 12.0 Å². The number of Topliss-reactive ketones (excluding diaryl/α,β-unsaturated/α-hetero) is 1. The molecule has 1 aromatic rings. The van der Waals surface area contributed by atoms with Crippen LogP contribution in [0.1, 0.15) is 24.4 Å². The Morgan fingerprint density at radius 1 is 1.35 bits per heavy atom. The molecule has 0 saturated heterocycles. The first-order chi connectivity index (χ1) is 9.58. The van der Waals surface area contributed by atoms with Crippen LogP contribution in [0.15, 0.2) is 35.3 Å². The summed E-state index contributed by atoms with van der Waals surface area (Å²) in [6.07, 6.45) is 0.886. The first-order valence-electron chi connectivity index (χ1n) is 6.41. The van der Waals surface area contributed by atoms with Gasteiger partial charge in [-0.15, -0.1) is 11.8 Å². The summed E-state index contributed by atoms with van der Waals surface area (Å²) in [6, 6.07) is 8.92. The van der Waals surface area contributed by atoms with Gasteiger partial charge in [-0.3, -0.25) is 14.6 Å². The van der Waals surface area contributed by atoms with E-state index in [2.05, 4.69) is 4.99 Å². The number of hydrogen-bond donors (Lipinski definition) is 2. The Bertz CT molecular complexity index is 530. The van der Waals surface area contributed by atoms with Gasteiger partial charge in [0.25, 0.3) is 0 Å². The second-order valence-corrected chi connectivity index (χ2v) is 5.65. The van der Waals surface area contributed by atoms with Gasteiger partial charge in [0, 0.05) is 18.2 Å². The van der Waals surface area contributed by atoms with Crippen LogP contribution >= 0.6 is 11.8 Å². The van der Waals surface area contributed by atoms with Crippen LogP contribution in [0.2, 0.25) is 0 Å². The number of amides is 1. The summed E-state index contributed by atoms with van der Waals surface area (Å²) in [4.78, 5) is 27.0. The third kappa shape index (κ3) is 3.68. The molecule has 0 radical (unpaired) electrons. The molecule has 1 aromatic carbocycles. The van der Waals surface area contributed by atoms with Gasteiger partial charge in [0.1, 0.15) is 11.1 Å². The van der Waals surface area contributed by atoms with Crippen molar-refractivity contribution in [2.24, 2.45) is 16.5 Å². The first-order valence-corrected chi connectivity index (χ1v) is 7.40. The number of nitrogens with zero attached hydrogens (tertiary/aromatic N) is 1. The SMILES string of the molecule is NC(=O)C1CSC(C(=O)CCC(N)c2ccccc2)=N1. The third-order valence-electron chi connectivity index (χ3n) is 3.13. The van der Waals surface area contributed by atoms with Gasteiger partial charge in [0.15, 0.2) is 5.78 Å². The van der Waals surface area contributed by atoms with Gasteiger partial charge in [-0.25, -0.2) is 0 Å². The normalized spacial score (nSPS) is 19.4. The Hall–Kier alpha value is -1.66. The summed E-state index contributed by atoms with van der Waals surface area (Å²) in [7, 11) is 0. The maximum atomic E-state index is 12.0. The van der Waals surface area contributed by atoms with Crippen LogP contribution in [-0.2, 0) is 9.59 Å². The first kappa shape index (κ1) is 14.7. The molecule has 1 amide bonds. The molecule has 0 fully saturated rings. The average Bonchev–Trinajstić information content (AvgIpc) is 2.95. The van der Waals surface area contributed by atoms with Gasteiger partial charge in [-0.2, -0.15) is 0 Å². The summed E-state index contributed by atoms with van der Waals surface area (Å²) in [5, 5.41) is 0.397. The summed E-state index contributed by atoms with van der Waals surface area (Å²) in [5.74, 6) is -0.0901. The number of hydrogen-bond acceptors (Lipinski definition) is 5. The highest BCUT2D eigenvalue weighted by Gasteiger charge is 2.26. The minimum atomic E-state index is -0.568. The molecule has 0 aromatic heterocycles. The fraction of sp³-hybridized carbons (Fsp3) is 0.357. The largest absolute Gasteiger partial charge is 0.368 e. The zero-order chi connectivity index (χ0) is 14.5. The van der Waals surface area contributed by atoms with E-state index in [4.69, 9.17) is 11.5 Å². The van der Waals surface area contributed by atoms with E-state index in [1.807, 2.05) is 30.3 Å². The molecular formula is C14H17N3O2S. The van der Waals surface area contributed by atoms with E-state index < -0.39 is 11.9 Å². The molecule has 0 spiro atoms. The van der Waals surface area contributed by atoms with Crippen molar-refractivity contribution in [1.29, 1.82) is 0 Å². The Balaban J connectivity index is 1.87. The van der Waals surface area contributed by atoms with Crippen molar-refractivity contribution in [3.63, 3.8) is 0 Å². The second kappa shape index (κ2) is 6.67. The minimum absolute atomic E-state index is 0.0647. The van der Waals surface area contributed by atoms with E-state index in [1.165, 1.54) is 11.8 Å². The number of benzene rings is 1. The standard InChI is InChI=1S/C14H17N3O2S/c15-10(9-4-2-1-3-5-9)6-7-12(18)14-17-11(8-20-14)13(16)19/h1-5,10-11H,6-8,15H2,(H2,16,19). The van der Waals surface area contributed by atoms with Crippen LogP contribution in [0.3, 0.4) is 0 Å². The summed E-state index contributed by atoms with van der Waals surface area (Å²) < 4.78 is 0. The lowest BCUT2D eigenvalue weighted by molar-refractivity contribution is -0.118. The zero-order valence-corrected chi connectivity index (χ0v) is 11.8. The molecule has 1 aliphatic heterocycles. The summed E-state index contributed by atoms with van der Waals surface area (Å²) in [5.41, 5.74) is 12.2. The van der Waals surface area contributed by atoms with Crippen molar-refractivity contribution < 1.29 is 9.59 Å². The third-order valence-corrected chi connectivity index (χ3v) is 4.22. The average molecular weight is 291 g/mol. The summed E-state index contributed by atoms with van der Waals surface area (Å²) >= 11 is 1.29. The molecular weight excluding hydrogens is 274 g/mol. The lowest BCUT2D eigenvalue weighted by atomic mass is 10.0. The van der Waals surface area contributed by atoms with Gasteiger partial charge in [0.2, 0.25) is 5.91 Å². The predicted molar refractivity (Wildman–Crippen MR) is 80.5 cm³/mol. The summed E-state index contributed by atoms with van der Waals surface area (Å²) in [6.45, 7) is 0. The Morgan fingerprint density at radius 2 is 2.05 bits per heavy atom. The molecule has 5 nitrogen and oxygen atoms in total. The van der Waals surface area contributed by atoms with Crippen molar-refractivity contribution in [3.05, 3.63) is 35.9 Å². The van der Waals surface area contributed by atoms with Gasteiger partial charge in [0.05, 0.1) is 0 Å². The Labute approximate surface area is 121 Å². The second-order valence-electron chi connectivity index (χ2n) is 4.64. The molecule has 0 aliphatic carbocycles. The van der Waals surface area contributed by atoms with Crippen LogP contribution in [0.4, 0.5) is 0 Å². The number of ketones is 1. The maximum absolute atomic E-state index is 12.0. The van der Waals surface area contributed by atoms with E-state index >= 15 is 0 Å². The number of rotatable bonds is 6. The molecule has 2 unspecified atom stereocenters. The highest BCUT2D eigenvalue weighted by Crippen LogP contribution is 2.22. The minimum Gasteiger partial charge on any atom is -0.368 e. The molecule has 1 heterocycles. The maximum Gasteiger partial charge on any atom is 0.243 e. The van der Waals surface area contributed by atoms with Crippen molar-refractivity contribution >= 4 is 28.5 Å². The van der Waals surface area contributed by atoms with E-state index in [-0.39, 0.29) is 11.8 Å². The van der Waals surface area contributed by atoms with E-state index in [9.17, 15) is 9.59 Å². The molecule has 106 valence electrons. The molecule has 1 aliphatic rings. The molecule has 2 atom stereocenters. The highest BCUT2D eigenvalue weighted by atomic mass is 32.2. The van der Waals surface area contributed by atoms with Gasteiger partial charge in [-0.1, -0.05) is 30.3 Å². The molecule has 6 heteroatoms. The van der Waals surface area contributed by atoms with Crippen molar-refractivity contribution in [2.75, 3.05) is 5.75 Å². The molecule has 20 heavy (non-hydrogen) atoms. The highest BCUT2D eigenvalue weighted by molar-refractivity contribution is 8.16. The van der Waals surface area contributed by atoms with Crippen LogP contribution in [0.25, 0.3) is 0 Å². The molecule has 0 saturated carbocycles. The zero-order valence-electron chi connectivity index (χ0n) is 11.0. The number of carbonyl (C=O) groups excluding carboxylic acids is 2. The number of carbonyl (C=O) groups is 2. The predicted octanol–water partition coefficient (Wildman–Crippen LogP) is 1.03. The van der Waals surface area contributed by atoms with Crippen LogP contribution in [-0.4, -0.2) is 28.5 Å². The number of thioether (sulfide) groups is 1. The van der Waals surface area contributed by atoms with Crippen molar-refractivity contribution in [3.8, 4) is 0 Å². The van der Waals surface area contributed by atoms with E-state index in [0.29, 0.717) is 23.6 Å². The molecule has 2 rings (SSSR count). The van der Waals surface area contributed by atoms with Crippen LogP contribution < -0.4 is 11.5 Å². The lowest BCUT2D eigenvalue weighted by Crippen LogP contribution is -2.26. The fourth-order valence-electron chi connectivity index (χ4n) is 1.93. The van der Waals surface area contributed by atoms with Gasteiger partial charge >= 0.3 is 0 Å². The fourth-order valence-corrected chi connectivity index (χ4v) is 2.95. The smallest absolute Gasteiger partial charge is 0.243 e. The Kier molecular flexibility index (Phi) is 4.92. The van der Waals surface area contributed by atoms with Crippen LogP contribution in [0, 0.1) is 0 Å². The monoisotopic (exact) mass is 291 g/mol. The van der Waals surface area contributed by atoms with Crippen molar-refractivity contribution in [1.82, 2.24) is 0 Å². The number of aliphatic imine (C=N–C) groups is 1. The Morgan fingerprint density at radius 3 is 2.65 bits per heavy atom. The number of nitrogens with two attached hydrogens (primary N) is 2. The van der Waals surface area contributed by atoms with Crippen molar-refractivity contribution in [2.45, 2.75) is 24.9 Å². The molecule has 0 bridgehead atoms.